The maximum atomic E-state index is 13.6. The van der Waals surface area contributed by atoms with Crippen LogP contribution in [0.1, 0.15) is 12.8 Å². The number of fused-ring (bicyclic) bond motifs is 1. The summed E-state index contributed by atoms with van der Waals surface area (Å²) in [6.45, 7) is 0.661. The monoisotopic (exact) mass is 375 g/mol. The summed E-state index contributed by atoms with van der Waals surface area (Å²) in [5.74, 6) is 0.125. The molecule has 26 heavy (non-hydrogen) atoms. The van der Waals surface area contributed by atoms with E-state index in [9.17, 15) is 9.18 Å². The minimum Gasteiger partial charge on any atom is -0.467 e. The molecular formula is C17H15ClFN5O2. The Morgan fingerprint density at radius 1 is 1.38 bits per heavy atom. The second kappa shape index (κ2) is 6.53. The summed E-state index contributed by atoms with van der Waals surface area (Å²) in [6, 6.07) is 4.11. The van der Waals surface area contributed by atoms with Gasteiger partial charge in [-0.05, 0) is 25.0 Å². The molecule has 0 amide bonds. The van der Waals surface area contributed by atoms with E-state index in [0.29, 0.717) is 35.9 Å². The van der Waals surface area contributed by atoms with Gasteiger partial charge in [-0.1, -0.05) is 11.6 Å². The third-order valence-corrected chi connectivity index (χ3v) is 4.59. The van der Waals surface area contributed by atoms with Crippen LogP contribution in [0.3, 0.4) is 0 Å². The van der Waals surface area contributed by atoms with Crippen LogP contribution in [0.2, 0.25) is 5.15 Å². The van der Waals surface area contributed by atoms with Crippen molar-refractivity contribution in [2.24, 2.45) is 0 Å². The van der Waals surface area contributed by atoms with E-state index in [-0.39, 0.29) is 11.1 Å². The molecule has 4 rings (SSSR count). The van der Waals surface area contributed by atoms with E-state index >= 15 is 0 Å². The van der Waals surface area contributed by atoms with E-state index in [2.05, 4.69) is 15.0 Å². The average Bonchev–Trinajstić information content (AvgIpc) is 3.27. The first kappa shape index (κ1) is 16.7. The van der Waals surface area contributed by atoms with Crippen LogP contribution in [0.4, 0.5) is 10.2 Å². The van der Waals surface area contributed by atoms with Crippen LogP contribution >= 0.6 is 11.6 Å². The van der Waals surface area contributed by atoms with Crippen LogP contribution in [-0.2, 0) is 9.53 Å². The molecule has 1 atom stereocenters. The predicted molar refractivity (Wildman–Crippen MR) is 93.6 cm³/mol. The molecule has 0 N–H and O–H groups in total. The van der Waals surface area contributed by atoms with E-state index in [4.69, 9.17) is 16.3 Å². The van der Waals surface area contributed by atoms with Crippen molar-refractivity contribution >= 4 is 29.0 Å². The fourth-order valence-corrected chi connectivity index (χ4v) is 3.39. The maximum absolute atomic E-state index is 13.6. The molecule has 0 aromatic carbocycles. The lowest BCUT2D eigenvalue weighted by atomic mass is 10.2. The topological polar surface area (TPSA) is 72.6 Å². The van der Waals surface area contributed by atoms with Crippen LogP contribution in [0, 0.1) is 5.82 Å². The van der Waals surface area contributed by atoms with Crippen molar-refractivity contribution in [1.29, 1.82) is 0 Å². The second-order valence-electron chi connectivity index (χ2n) is 5.97. The van der Waals surface area contributed by atoms with Crippen molar-refractivity contribution < 1.29 is 13.9 Å². The van der Waals surface area contributed by atoms with Crippen molar-refractivity contribution in [3.05, 3.63) is 41.6 Å². The number of hydrogen-bond acceptors (Lipinski definition) is 6. The third kappa shape index (κ3) is 2.86. The summed E-state index contributed by atoms with van der Waals surface area (Å²) in [6.07, 6.45) is 4.41. The highest BCUT2D eigenvalue weighted by atomic mass is 35.5. The number of carbonyl (C=O) groups is 1. The average molecular weight is 376 g/mol. The number of pyridine rings is 1. The molecular weight excluding hydrogens is 361 g/mol. The molecule has 0 aliphatic carbocycles. The molecule has 7 nitrogen and oxygen atoms in total. The Balaban J connectivity index is 1.79. The molecule has 1 aliphatic heterocycles. The van der Waals surface area contributed by atoms with Gasteiger partial charge in [-0.25, -0.2) is 24.1 Å². The standard InChI is InChI=1S/C17H15ClFN5O2/c1-26-17(25)11-3-2-6-23(11)15-7-13(18)21-16(22-15)12-8-20-14-5-4-10(19)9-24(12)14/h4-5,7-9,11H,2-3,6H2,1H3. The van der Waals surface area contributed by atoms with Crippen LogP contribution < -0.4 is 4.90 Å². The van der Waals surface area contributed by atoms with Gasteiger partial charge in [0, 0.05) is 18.8 Å². The van der Waals surface area contributed by atoms with Crippen LogP contribution in [0.5, 0.6) is 0 Å². The van der Waals surface area contributed by atoms with Crippen molar-refractivity contribution in [3.63, 3.8) is 0 Å². The summed E-state index contributed by atoms with van der Waals surface area (Å²) in [7, 11) is 1.37. The predicted octanol–water partition coefficient (Wildman–Crippen LogP) is 2.73. The summed E-state index contributed by atoms with van der Waals surface area (Å²) < 4.78 is 20.1. The molecule has 1 saturated heterocycles. The van der Waals surface area contributed by atoms with Crippen LogP contribution in [0.25, 0.3) is 17.2 Å². The van der Waals surface area contributed by atoms with E-state index in [1.165, 1.54) is 19.4 Å². The lowest BCUT2D eigenvalue weighted by molar-refractivity contribution is -0.141. The van der Waals surface area contributed by atoms with Gasteiger partial charge in [0.15, 0.2) is 5.82 Å². The number of rotatable bonds is 3. The highest BCUT2D eigenvalue weighted by Gasteiger charge is 2.33. The van der Waals surface area contributed by atoms with Gasteiger partial charge in [0.05, 0.1) is 13.3 Å². The molecule has 0 bridgehead atoms. The second-order valence-corrected chi connectivity index (χ2v) is 6.35. The molecule has 1 fully saturated rings. The molecule has 134 valence electrons. The van der Waals surface area contributed by atoms with E-state index in [1.807, 2.05) is 4.90 Å². The SMILES string of the molecule is COC(=O)C1CCCN1c1cc(Cl)nc(-c2cnc3ccc(F)cn23)n1. The largest absolute Gasteiger partial charge is 0.467 e. The van der Waals surface area contributed by atoms with Gasteiger partial charge in [0.25, 0.3) is 0 Å². The number of imidazole rings is 1. The van der Waals surface area contributed by atoms with Crippen molar-refractivity contribution in [2.45, 2.75) is 18.9 Å². The molecule has 9 heteroatoms. The quantitative estimate of drug-likeness (QED) is 0.517. The number of methoxy groups -OCH3 is 1. The van der Waals surface area contributed by atoms with Gasteiger partial charge < -0.3 is 9.64 Å². The van der Waals surface area contributed by atoms with Crippen LogP contribution in [0.15, 0.2) is 30.6 Å². The number of halogens is 2. The number of carbonyl (C=O) groups excluding carboxylic acids is 1. The van der Waals surface area contributed by atoms with Gasteiger partial charge in [-0.3, -0.25) is 4.40 Å². The Labute approximate surface area is 153 Å². The van der Waals surface area contributed by atoms with Crippen molar-refractivity contribution in [2.75, 3.05) is 18.6 Å². The summed E-state index contributed by atoms with van der Waals surface area (Å²) >= 11 is 6.19. The van der Waals surface area contributed by atoms with Gasteiger partial charge in [-0.2, -0.15) is 0 Å². The van der Waals surface area contributed by atoms with Gasteiger partial charge in [0.1, 0.15) is 34.2 Å². The zero-order valence-electron chi connectivity index (χ0n) is 13.9. The van der Waals surface area contributed by atoms with E-state index < -0.39 is 11.9 Å². The van der Waals surface area contributed by atoms with Crippen molar-refractivity contribution in [1.82, 2.24) is 19.4 Å². The minimum atomic E-state index is -0.404. The number of nitrogens with zero attached hydrogens (tertiary/aromatic N) is 5. The Kier molecular flexibility index (Phi) is 4.20. The molecule has 1 aliphatic rings. The summed E-state index contributed by atoms with van der Waals surface area (Å²) in [5, 5.41) is 0.229. The molecule has 1 unspecified atom stereocenters. The smallest absolute Gasteiger partial charge is 0.328 e. The fraction of sp³-hybridized carbons (Fsp3) is 0.294. The first-order chi connectivity index (χ1) is 12.6. The normalized spacial score (nSPS) is 17.0. The Morgan fingerprint density at radius 3 is 3.04 bits per heavy atom. The maximum Gasteiger partial charge on any atom is 0.328 e. The highest BCUT2D eigenvalue weighted by Crippen LogP contribution is 2.29. The number of anilines is 1. The summed E-state index contributed by atoms with van der Waals surface area (Å²) in [5.41, 5.74) is 1.08. The van der Waals surface area contributed by atoms with Gasteiger partial charge in [0.2, 0.25) is 0 Å². The molecule has 3 aromatic heterocycles. The Morgan fingerprint density at radius 2 is 2.23 bits per heavy atom. The first-order valence-corrected chi connectivity index (χ1v) is 8.46. The third-order valence-electron chi connectivity index (χ3n) is 4.40. The van der Waals surface area contributed by atoms with E-state index in [1.54, 1.807) is 22.7 Å². The molecule has 4 heterocycles. The number of hydrogen-bond donors (Lipinski definition) is 0. The van der Waals surface area contributed by atoms with Gasteiger partial charge in [-0.15, -0.1) is 0 Å². The number of esters is 1. The van der Waals surface area contributed by atoms with Crippen LogP contribution in [-0.4, -0.2) is 45.0 Å². The number of aromatic nitrogens is 4. The lowest BCUT2D eigenvalue weighted by Gasteiger charge is -2.24. The zero-order valence-corrected chi connectivity index (χ0v) is 14.6. The Hall–Kier alpha value is -2.74. The summed E-state index contributed by atoms with van der Waals surface area (Å²) in [4.78, 5) is 26.9. The molecule has 0 radical (unpaired) electrons. The first-order valence-electron chi connectivity index (χ1n) is 8.09. The van der Waals surface area contributed by atoms with E-state index in [0.717, 1.165) is 6.42 Å². The molecule has 0 spiro atoms. The number of ether oxygens (including phenoxy) is 1. The minimum absolute atomic E-state index is 0.229. The zero-order chi connectivity index (χ0) is 18.3. The van der Waals surface area contributed by atoms with Gasteiger partial charge >= 0.3 is 5.97 Å². The Bertz CT molecular complexity index is 992. The fourth-order valence-electron chi connectivity index (χ4n) is 3.21. The molecule has 0 saturated carbocycles. The highest BCUT2D eigenvalue weighted by molar-refractivity contribution is 6.29. The van der Waals surface area contributed by atoms with Crippen molar-refractivity contribution in [3.8, 4) is 11.5 Å². The molecule has 3 aromatic rings. The lowest BCUT2D eigenvalue weighted by Crippen LogP contribution is -2.37.